The zero-order chi connectivity index (χ0) is 19.8. The van der Waals surface area contributed by atoms with Gasteiger partial charge in [0.2, 0.25) is 0 Å². The quantitative estimate of drug-likeness (QED) is 0.439. The molecule has 28 heavy (non-hydrogen) atoms. The average Bonchev–Trinajstić information content (AvgIpc) is 2.74. The minimum atomic E-state index is -0.226. The van der Waals surface area contributed by atoms with Gasteiger partial charge in [-0.25, -0.2) is 4.57 Å². The number of anilines is 1. The van der Waals surface area contributed by atoms with Gasteiger partial charge in [0.15, 0.2) is 12.4 Å². The Morgan fingerprint density at radius 2 is 1.71 bits per heavy atom. The summed E-state index contributed by atoms with van der Waals surface area (Å²) < 4.78 is 7.17. The molecule has 1 aliphatic heterocycles. The number of hydrogen-bond donors (Lipinski definition) is 1. The first-order valence-corrected chi connectivity index (χ1v) is 10.5. The van der Waals surface area contributed by atoms with E-state index in [-0.39, 0.29) is 11.7 Å². The summed E-state index contributed by atoms with van der Waals surface area (Å²) in [6.07, 6.45) is 11.6. The number of aromatic nitrogens is 1. The fourth-order valence-electron chi connectivity index (χ4n) is 3.48. The molecule has 0 radical (unpaired) electrons. The standard InChI is InChI=1S/C23H28N2O2S/c1-24-13-8-20(9-14-24)3-2-19-4-6-22(7-5-19)25-15-10-21(11-16-25)12-17-27-23(26)18-28/h2-9,13-14,21H,10-12,15-18H2,1H3/p+1. The number of rotatable bonds is 7. The van der Waals surface area contributed by atoms with E-state index in [1.165, 1.54) is 16.8 Å². The molecule has 0 atom stereocenters. The van der Waals surface area contributed by atoms with Gasteiger partial charge < -0.3 is 9.64 Å². The molecule has 1 aromatic carbocycles. The lowest BCUT2D eigenvalue weighted by Gasteiger charge is -2.33. The van der Waals surface area contributed by atoms with Crippen LogP contribution >= 0.6 is 12.6 Å². The van der Waals surface area contributed by atoms with E-state index in [1.807, 2.05) is 11.6 Å². The van der Waals surface area contributed by atoms with Crippen LogP contribution in [-0.2, 0) is 16.6 Å². The molecule has 0 spiro atoms. The first-order valence-electron chi connectivity index (χ1n) is 9.89. The Morgan fingerprint density at radius 3 is 2.32 bits per heavy atom. The zero-order valence-electron chi connectivity index (χ0n) is 16.5. The first kappa shape index (κ1) is 20.5. The minimum absolute atomic E-state index is 0.160. The van der Waals surface area contributed by atoms with Gasteiger partial charge in [0.05, 0.1) is 12.4 Å². The molecule has 2 heterocycles. The Hall–Kier alpha value is -2.27. The van der Waals surface area contributed by atoms with E-state index in [2.05, 4.69) is 78.5 Å². The van der Waals surface area contributed by atoms with E-state index in [0.717, 1.165) is 32.4 Å². The Bertz CT molecular complexity index is 779. The summed E-state index contributed by atoms with van der Waals surface area (Å²) in [5, 5.41) is 0. The fraction of sp³-hybridized carbons (Fsp3) is 0.391. The number of benzene rings is 1. The summed E-state index contributed by atoms with van der Waals surface area (Å²) in [5.41, 5.74) is 3.69. The van der Waals surface area contributed by atoms with Crippen LogP contribution in [0.15, 0.2) is 48.8 Å². The number of carbonyl (C=O) groups is 1. The number of nitrogens with zero attached hydrogens (tertiary/aromatic N) is 2. The second-order valence-corrected chi connectivity index (χ2v) is 7.64. The highest BCUT2D eigenvalue weighted by Gasteiger charge is 2.19. The number of hydrogen-bond acceptors (Lipinski definition) is 4. The van der Waals surface area contributed by atoms with Gasteiger partial charge in [-0.3, -0.25) is 4.79 Å². The Balaban J connectivity index is 1.46. The smallest absolute Gasteiger partial charge is 0.315 e. The molecular formula is C23H29N2O2S+. The van der Waals surface area contributed by atoms with Crippen molar-refractivity contribution in [3.63, 3.8) is 0 Å². The van der Waals surface area contributed by atoms with E-state index in [9.17, 15) is 4.79 Å². The van der Waals surface area contributed by atoms with Crippen LogP contribution in [0.4, 0.5) is 5.69 Å². The third-order valence-corrected chi connectivity index (χ3v) is 5.52. The third kappa shape index (κ3) is 6.13. The zero-order valence-corrected chi connectivity index (χ0v) is 17.4. The lowest BCUT2D eigenvalue weighted by atomic mass is 9.93. The van der Waals surface area contributed by atoms with Crippen LogP contribution in [0, 0.1) is 5.92 Å². The largest absolute Gasteiger partial charge is 0.465 e. The number of piperidine rings is 1. The van der Waals surface area contributed by atoms with Crippen molar-refractivity contribution in [2.45, 2.75) is 19.3 Å². The van der Waals surface area contributed by atoms with Crippen molar-refractivity contribution in [3.05, 3.63) is 59.9 Å². The highest BCUT2D eigenvalue weighted by Crippen LogP contribution is 2.25. The third-order valence-electron chi connectivity index (χ3n) is 5.26. The van der Waals surface area contributed by atoms with Gasteiger partial charge in [-0.05, 0) is 48.4 Å². The molecule has 1 aromatic heterocycles. The van der Waals surface area contributed by atoms with Gasteiger partial charge in [-0.15, -0.1) is 0 Å². The average molecular weight is 398 g/mol. The molecule has 0 bridgehead atoms. The topological polar surface area (TPSA) is 33.4 Å². The van der Waals surface area contributed by atoms with Crippen LogP contribution in [0.1, 0.15) is 30.4 Å². The Morgan fingerprint density at radius 1 is 1.11 bits per heavy atom. The molecular weight excluding hydrogens is 368 g/mol. The molecule has 2 aromatic rings. The van der Waals surface area contributed by atoms with Crippen molar-refractivity contribution in [2.75, 3.05) is 30.3 Å². The summed E-state index contributed by atoms with van der Waals surface area (Å²) in [6, 6.07) is 13.0. The van der Waals surface area contributed by atoms with Crippen LogP contribution in [-0.4, -0.2) is 31.4 Å². The molecule has 0 aliphatic carbocycles. The number of ether oxygens (including phenoxy) is 1. The Kier molecular flexibility index (Phi) is 7.54. The molecule has 0 saturated carbocycles. The highest BCUT2D eigenvalue weighted by atomic mass is 32.1. The minimum Gasteiger partial charge on any atom is -0.465 e. The molecule has 4 nitrogen and oxygen atoms in total. The molecule has 1 fully saturated rings. The van der Waals surface area contributed by atoms with E-state index in [4.69, 9.17) is 4.74 Å². The number of esters is 1. The van der Waals surface area contributed by atoms with Crippen molar-refractivity contribution in [2.24, 2.45) is 13.0 Å². The van der Waals surface area contributed by atoms with Crippen LogP contribution in [0.5, 0.6) is 0 Å². The van der Waals surface area contributed by atoms with Crippen LogP contribution in [0.2, 0.25) is 0 Å². The number of thiol groups is 1. The Labute approximate surface area is 173 Å². The maximum atomic E-state index is 11.1. The molecule has 0 N–H and O–H groups in total. The normalized spacial score (nSPS) is 15.1. The van der Waals surface area contributed by atoms with Gasteiger partial charge >= 0.3 is 5.97 Å². The maximum absolute atomic E-state index is 11.1. The highest BCUT2D eigenvalue weighted by molar-refractivity contribution is 7.81. The molecule has 148 valence electrons. The predicted molar refractivity (Wildman–Crippen MR) is 117 cm³/mol. The predicted octanol–water partition coefficient (Wildman–Crippen LogP) is 3.76. The second-order valence-electron chi connectivity index (χ2n) is 7.32. The summed E-state index contributed by atoms with van der Waals surface area (Å²) in [4.78, 5) is 13.6. The SMILES string of the molecule is C[n+]1ccc(/C=C/c2ccc(N3CCC(CCOC(=O)CS)CC3)cc2)cc1. The number of aryl methyl sites for hydroxylation is 1. The summed E-state index contributed by atoms with van der Waals surface area (Å²) >= 11 is 3.92. The van der Waals surface area contributed by atoms with Gasteiger partial charge in [0.25, 0.3) is 0 Å². The molecule has 1 aliphatic rings. The van der Waals surface area contributed by atoms with Crippen molar-refractivity contribution >= 4 is 36.4 Å². The van der Waals surface area contributed by atoms with Crippen molar-refractivity contribution < 1.29 is 14.1 Å². The lowest BCUT2D eigenvalue weighted by molar-refractivity contribution is -0.671. The number of pyridine rings is 1. The molecule has 0 amide bonds. The van der Waals surface area contributed by atoms with Gasteiger partial charge in [0, 0.05) is 30.9 Å². The fourth-order valence-corrected chi connectivity index (χ4v) is 3.57. The van der Waals surface area contributed by atoms with Gasteiger partial charge in [0.1, 0.15) is 7.05 Å². The van der Waals surface area contributed by atoms with Gasteiger partial charge in [-0.1, -0.05) is 24.3 Å². The second kappa shape index (κ2) is 10.3. The van der Waals surface area contributed by atoms with E-state index in [1.54, 1.807) is 0 Å². The van der Waals surface area contributed by atoms with Crippen LogP contribution < -0.4 is 9.47 Å². The van der Waals surface area contributed by atoms with Crippen LogP contribution in [0.3, 0.4) is 0 Å². The van der Waals surface area contributed by atoms with Crippen LogP contribution in [0.25, 0.3) is 12.2 Å². The van der Waals surface area contributed by atoms with Crippen molar-refractivity contribution in [3.8, 4) is 0 Å². The monoisotopic (exact) mass is 397 g/mol. The van der Waals surface area contributed by atoms with E-state index >= 15 is 0 Å². The number of carbonyl (C=O) groups excluding carboxylic acids is 1. The summed E-state index contributed by atoms with van der Waals surface area (Å²) in [5.74, 6) is 0.572. The van der Waals surface area contributed by atoms with E-state index < -0.39 is 0 Å². The van der Waals surface area contributed by atoms with Crippen molar-refractivity contribution in [1.82, 2.24) is 0 Å². The van der Waals surface area contributed by atoms with Crippen molar-refractivity contribution in [1.29, 1.82) is 0 Å². The summed E-state index contributed by atoms with van der Waals surface area (Å²) in [6.45, 7) is 2.63. The lowest BCUT2D eigenvalue weighted by Crippen LogP contribution is -2.34. The van der Waals surface area contributed by atoms with E-state index in [0.29, 0.717) is 12.5 Å². The molecule has 0 unspecified atom stereocenters. The molecule has 5 heteroatoms. The molecule has 3 rings (SSSR count). The summed E-state index contributed by atoms with van der Waals surface area (Å²) in [7, 11) is 2.02. The van der Waals surface area contributed by atoms with Gasteiger partial charge in [-0.2, -0.15) is 12.6 Å². The first-order chi connectivity index (χ1) is 13.6. The molecule has 1 saturated heterocycles. The maximum Gasteiger partial charge on any atom is 0.315 e.